The van der Waals surface area contributed by atoms with Crippen molar-refractivity contribution in [1.29, 1.82) is 0 Å². The molecule has 0 bridgehead atoms. The van der Waals surface area contributed by atoms with Crippen LogP contribution in [0.2, 0.25) is 0 Å². The van der Waals surface area contributed by atoms with Crippen molar-refractivity contribution in [3.8, 4) is 0 Å². The molecule has 94 valence electrons. The molecule has 0 atom stereocenters. The first kappa shape index (κ1) is 13.7. The summed E-state index contributed by atoms with van der Waals surface area (Å²) in [6, 6.07) is 0. The van der Waals surface area contributed by atoms with Crippen LogP contribution in [0, 0.1) is 0 Å². The van der Waals surface area contributed by atoms with Gasteiger partial charge in [0.25, 0.3) is 0 Å². The van der Waals surface area contributed by atoms with Crippen molar-refractivity contribution in [2.75, 3.05) is 39.3 Å². The van der Waals surface area contributed by atoms with Crippen LogP contribution in [0.4, 0.5) is 0 Å². The molecule has 0 saturated carbocycles. The van der Waals surface area contributed by atoms with Gasteiger partial charge >= 0.3 is 5.97 Å². The highest BCUT2D eigenvalue weighted by atomic mass is 35.5. The molecule has 0 unspecified atom stereocenters. The van der Waals surface area contributed by atoms with Crippen molar-refractivity contribution in [3.63, 3.8) is 0 Å². The molecule has 6 heteroatoms. The minimum absolute atomic E-state index is 0. The second kappa shape index (κ2) is 5.82. The van der Waals surface area contributed by atoms with Crippen molar-refractivity contribution in [3.05, 3.63) is 0 Å². The molecule has 2 aliphatic heterocycles. The van der Waals surface area contributed by atoms with Crippen molar-refractivity contribution in [2.24, 2.45) is 0 Å². The van der Waals surface area contributed by atoms with Crippen LogP contribution < -0.4 is 10.6 Å². The number of halogens is 1. The van der Waals surface area contributed by atoms with Gasteiger partial charge in [-0.05, 0) is 25.9 Å². The van der Waals surface area contributed by atoms with E-state index in [9.17, 15) is 9.90 Å². The van der Waals surface area contributed by atoms with E-state index in [1.807, 2.05) is 0 Å². The molecule has 2 saturated heterocycles. The lowest BCUT2D eigenvalue weighted by Gasteiger charge is -2.45. The van der Waals surface area contributed by atoms with E-state index in [4.69, 9.17) is 0 Å². The number of carbonyl (C=O) groups is 1. The molecular weight excluding hydrogens is 230 g/mol. The van der Waals surface area contributed by atoms with Gasteiger partial charge < -0.3 is 15.7 Å². The minimum atomic E-state index is -0.647. The van der Waals surface area contributed by atoms with Gasteiger partial charge in [-0.15, -0.1) is 12.4 Å². The maximum atomic E-state index is 11.5. The lowest BCUT2D eigenvalue weighted by molar-refractivity contribution is -0.154. The summed E-state index contributed by atoms with van der Waals surface area (Å²) >= 11 is 0. The van der Waals surface area contributed by atoms with Crippen LogP contribution in [-0.4, -0.2) is 60.8 Å². The first-order chi connectivity index (χ1) is 7.26. The van der Waals surface area contributed by atoms with E-state index in [2.05, 4.69) is 15.5 Å². The van der Waals surface area contributed by atoms with E-state index >= 15 is 0 Å². The van der Waals surface area contributed by atoms with Gasteiger partial charge in [0.2, 0.25) is 0 Å². The van der Waals surface area contributed by atoms with Gasteiger partial charge in [0.15, 0.2) is 0 Å². The lowest BCUT2D eigenvalue weighted by atomic mass is 9.86. The second-order valence-corrected chi connectivity index (χ2v) is 4.32. The Bertz CT molecular complexity index is 238. The molecule has 0 spiro atoms. The summed E-state index contributed by atoms with van der Waals surface area (Å²) in [4.78, 5) is 13.6. The van der Waals surface area contributed by atoms with Crippen molar-refractivity contribution >= 4 is 18.4 Å². The number of nitrogens with one attached hydrogen (secondary N) is 2. The molecule has 2 aliphatic rings. The summed E-state index contributed by atoms with van der Waals surface area (Å²) in [6.45, 7) is 5.15. The predicted octanol–water partition coefficient (Wildman–Crippen LogP) is -0.480. The fraction of sp³-hybridized carbons (Fsp3) is 0.900. The summed E-state index contributed by atoms with van der Waals surface area (Å²) in [5, 5.41) is 15.9. The molecule has 2 rings (SSSR count). The maximum absolute atomic E-state index is 11.5. The van der Waals surface area contributed by atoms with E-state index < -0.39 is 11.5 Å². The summed E-state index contributed by atoms with van der Waals surface area (Å²) in [6.07, 6.45) is 1.45. The number of carboxylic acid groups (broad SMARTS) is 1. The Morgan fingerprint density at radius 1 is 1.06 bits per heavy atom. The average molecular weight is 250 g/mol. The monoisotopic (exact) mass is 249 g/mol. The fourth-order valence-corrected chi connectivity index (χ4v) is 2.60. The summed E-state index contributed by atoms with van der Waals surface area (Å²) in [5.41, 5.74) is -0.604. The van der Waals surface area contributed by atoms with Crippen LogP contribution in [0.15, 0.2) is 0 Å². The predicted molar refractivity (Wildman–Crippen MR) is 64.2 cm³/mol. The summed E-state index contributed by atoms with van der Waals surface area (Å²) in [7, 11) is 0. The van der Waals surface area contributed by atoms with E-state index in [1.165, 1.54) is 0 Å². The normalized spacial score (nSPS) is 25.8. The van der Waals surface area contributed by atoms with Gasteiger partial charge in [-0.25, -0.2) is 0 Å². The SMILES string of the molecule is Cl.O=C(O)C1(N2CCNCC2)CCNCC1. The van der Waals surface area contributed by atoms with Gasteiger partial charge in [-0.2, -0.15) is 0 Å². The van der Waals surface area contributed by atoms with Gasteiger partial charge in [-0.3, -0.25) is 9.69 Å². The molecule has 3 N–H and O–H groups in total. The average Bonchev–Trinajstić information content (AvgIpc) is 2.31. The van der Waals surface area contributed by atoms with E-state index in [0.29, 0.717) is 0 Å². The Morgan fingerprint density at radius 3 is 2.06 bits per heavy atom. The second-order valence-electron chi connectivity index (χ2n) is 4.32. The summed E-state index contributed by atoms with van der Waals surface area (Å²) < 4.78 is 0. The van der Waals surface area contributed by atoms with Crippen LogP contribution in [0.25, 0.3) is 0 Å². The van der Waals surface area contributed by atoms with E-state index in [-0.39, 0.29) is 12.4 Å². The van der Waals surface area contributed by atoms with Gasteiger partial charge in [0.05, 0.1) is 0 Å². The number of nitrogens with zero attached hydrogens (tertiary/aromatic N) is 1. The van der Waals surface area contributed by atoms with Crippen LogP contribution in [-0.2, 0) is 4.79 Å². The minimum Gasteiger partial charge on any atom is -0.480 e. The highest BCUT2D eigenvalue weighted by molar-refractivity contribution is 5.85. The molecule has 0 aromatic rings. The van der Waals surface area contributed by atoms with Crippen molar-refractivity contribution in [1.82, 2.24) is 15.5 Å². The Kier molecular flexibility index (Phi) is 4.98. The molecule has 0 aliphatic carbocycles. The largest absolute Gasteiger partial charge is 0.480 e. The molecule has 16 heavy (non-hydrogen) atoms. The smallest absolute Gasteiger partial charge is 0.324 e. The first-order valence-electron chi connectivity index (χ1n) is 5.66. The Balaban J connectivity index is 0.00000128. The quantitative estimate of drug-likeness (QED) is 0.617. The van der Waals surface area contributed by atoms with Crippen molar-refractivity contribution in [2.45, 2.75) is 18.4 Å². The van der Waals surface area contributed by atoms with E-state index in [1.54, 1.807) is 0 Å². The zero-order chi connectivity index (χ0) is 10.7. The first-order valence-corrected chi connectivity index (χ1v) is 5.66. The van der Waals surface area contributed by atoms with Crippen LogP contribution in [0.1, 0.15) is 12.8 Å². The van der Waals surface area contributed by atoms with E-state index in [0.717, 1.165) is 52.1 Å². The maximum Gasteiger partial charge on any atom is 0.324 e. The van der Waals surface area contributed by atoms with Gasteiger partial charge in [0, 0.05) is 26.2 Å². The standard InChI is InChI=1S/C10H19N3O2.ClH/c14-9(15)10(1-3-11-4-2-10)13-7-5-12-6-8-13;/h11-12H,1-8H2,(H,14,15);1H. The Morgan fingerprint density at radius 2 is 1.56 bits per heavy atom. The topological polar surface area (TPSA) is 64.6 Å². The number of aliphatic carboxylic acids is 1. The van der Waals surface area contributed by atoms with Crippen molar-refractivity contribution < 1.29 is 9.90 Å². The van der Waals surface area contributed by atoms with Gasteiger partial charge in [-0.1, -0.05) is 0 Å². The Labute approximate surface area is 102 Å². The molecular formula is C10H20ClN3O2. The lowest BCUT2D eigenvalue weighted by Crippen LogP contribution is -2.63. The highest BCUT2D eigenvalue weighted by Crippen LogP contribution is 2.26. The molecule has 0 aromatic heterocycles. The van der Waals surface area contributed by atoms with Crippen LogP contribution in [0.3, 0.4) is 0 Å². The molecule has 0 aromatic carbocycles. The number of hydrogen-bond donors (Lipinski definition) is 3. The van der Waals surface area contributed by atoms with Crippen LogP contribution in [0.5, 0.6) is 0 Å². The number of piperazine rings is 1. The zero-order valence-electron chi connectivity index (χ0n) is 9.37. The molecule has 2 heterocycles. The number of piperidine rings is 1. The molecule has 2 fully saturated rings. The highest BCUT2D eigenvalue weighted by Gasteiger charge is 2.44. The number of rotatable bonds is 2. The molecule has 0 radical (unpaired) electrons. The zero-order valence-corrected chi connectivity index (χ0v) is 10.2. The Hall–Kier alpha value is -0.360. The molecule has 5 nitrogen and oxygen atoms in total. The molecule has 0 amide bonds. The third-order valence-corrected chi connectivity index (χ3v) is 3.55. The third kappa shape index (κ3) is 2.48. The van der Waals surface area contributed by atoms with Gasteiger partial charge in [0.1, 0.15) is 5.54 Å². The fourth-order valence-electron chi connectivity index (χ4n) is 2.60. The summed E-state index contributed by atoms with van der Waals surface area (Å²) in [5.74, 6) is -0.647. The number of carboxylic acids is 1. The van der Waals surface area contributed by atoms with Crippen LogP contribution >= 0.6 is 12.4 Å². The number of hydrogen-bond acceptors (Lipinski definition) is 4. The third-order valence-electron chi connectivity index (χ3n) is 3.55.